The summed E-state index contributed by atoms with van der Waals surface area (Å²) in [7, 11) is 0. The van der Waals surface area contributed by atoms with Crippen molar-refractivity contribution in [2.75, 3.05) is 0 Å². The molecule has 3 heteroatoms. The second-order valence-electron chi connectivity index (χ2n) is 10.7. The van der Waals surface area contributed by atoms with Gasteiger partial charge < -0.3 is 9.47 Å². The number of hydrogen-bond donors (Lipinski definition) is 0. The van der Waals surface area contributed by atoms with E-state index in [1.54, 1.807) is 6.92 Å². The summed E-state index contributed by atoms with van der Waals surface area (Å²) in [5, 5.41) is 0. The molecule has 0 spiro atoms. The fourth-order valence-electron chi connectivity index (χ4n) is 8.15. The molecule has 0 radical (unpaired) electrons. The molecule has 0 aromatic heterocycles. The molecular formula is C22H34O3. The van der Waals surface area contributed by atoms with Crippen LogP contribution >= 0.6 is 0 Å². The Balaban J connectivity index is 1.41. The Labute approximate surface area is 152 Å². The van der Waals surface area contributed by atoms with Crippen LogP contribution in [0.4, 0.5) is 0 Å². The molecule has 0 bridgehead atoms. The molecule has 0 aromatic rings. The molecule has 1 heterocycles. The molecule has 5 rings (SSSR count). The molecule has 3 nitrogen and oxygen atoms in total. The van der Waals surface area contributed by atoms with E-state index in [0.29, 0.717) is 11.5 Å². The highest BCUT2D eigenvalue weighted by Gasteiger charge is 2.67. The Hall–Kier alpha value is -0.570. The minimum absolute atomic E-state index is 0.0953. The summed E-state index contributed by atoms with van der Waals surface area (Å²) in [5.41, 5.74) is 0.910. The molecule has 5 fully saturated rings. The lowest BCUT2D eigenvalue weighted by atomic mass is 9.44. The maximum Gasteiger partial charge on any atom is 0.302 e. The van der Waals surface area contributed by atoms with Gasteiger partial charge in [0.1, 0.15) is 6.10 Å². The highest BCUT2D eigenvalue weighted by molar-refractivity contribution is 5.66. The van der Waals surface area contributed by atoms with Gasteiger partial charge in [0.15, 0.2) is 0 Å². The summed E-state index contributed by atoms with van der Waals surface area (Å²) in [4.78, 5) is 11.6. The quantitative estimate of drug-likeness (QED) is 0.509. The monoisotopic (exact) mass is 346 g/mol. The molecule has 1 aliphatic heterocycles. The molecule has 9 atom stereocenters. The normalized spacial score (nSPS) is 59.2. The number of carbonyl (C=O) groups is 1. The van der Waals surface area contributed by atoms with E-state index in [1.165, 1.54) is 44.9 Å². The maximum atomic E-state index is 11.6. The Morgan fingerprint density at radius 3 is 2.48 bits per heavy atom. The third-order valence-corrected chi connectivity index (χ3v) is 9.60. The van der Waals surface area contributed by atoms with Crippen LogP contribution in [-0.4, -0.2) is 23.8 Å². The lowest BCUT2D eigenvalue weighted by Crippen LogP contribution is -2.55. The van der Waals surface area contributed by atoms with E-state index >= 15 is 0 Å². The van der Waals surface area contributed by atoms with Crippen molar-refractivity contribution in [1.82, 2.24) is 0 Å². The van der Waals surface area contributed by atoms with E-state index in [-0.39, 0.29) is 23.1 Å². The fraction of sp³-hybridized carbons (Fsp3) is 0.955. The highest BCUT2D eigenvalue weighted by atomic mass is 16.6. The summed E-state index contributed by atoms with van der Waals surface area (Å²) in [6.45, 7) is 8.92. The fourth-order valence-corrected chi connectivity index (χ4v) is 8.15. The molecular weight excluding hydrogens is 312 g/mol. The van der Waals surface area contributed by atoms with Crippen LogP contribution in [0.5, 0.6) is 0 Å². The lowest BCUT2D eigenvalue weighted by molar-refractivity contribution is -0.161. The smallest absolute Gasteiger partial charge is 0.302 e. The lowest BCUT2D eigenvalue weighted by Gasteiger charge is -2.60. The molecule has 0 N–H and O–H groups in total. The average molecular weight is 347 g/mol. The Morgan fingerprint density at radius 2 is 1.72 bits per heavy atom. The molecule has 4 aliphatic carbocycles. The second-order valence-corrected chi connectivity index (χ2v) is 10.7. The zero-order valence-electron chi connectivity index (χ0n) is 16.3. The minimum atomic E-state index is -0.0953. The van der Waals surface area contributed by atoms with Gasteiger partial charge in [0.05, 0.1) is 11.7 Å². The van der Waals surface area contributed by atoms with Crippen LogP contribution in [0, 0.1) is 34.5 Å². The largest absolute Gasteiger partial charge is 0.462 e. The Bertz CT molecular complexity index is 602. The van der Waals surface area contributed by atoms with Gasteiger partial charge in [0.25, 0.3) is 0 Å². The van der Waals surface area contributed by atoms with Crippen LogP contribution in [0.1, 0.15) is 79.1 Å². The molecule has 140 valence electrons. The van der Waals surface area contributed by atoms with Crippen molar-refractivity contribution < 1.29 is 14.3 Å². The van der Waals surface area contributed by atoms with Gasteiger partial charge in [-0.15, -0.1) is 0 Å². The van der Waals surface area contributed by atoms with E-state index in [4.69, 9.17) is 9.47 Å². The molecule has 5 aliphatic rings. The van der Waals surface area contributed by atoms with Crippen molar-refractivity contribution >= 4 is 5.97 Å². The van der Waals surface area contributed by atoms with Crippen LogP contribution in [0.15, 0.2) is 0 Å². The summed E-state index contributed by atoms with van der Waals surface area (Å²) < 4.78 is 11.9. The maximum absolute atomic E-state index is 11.6. The average Bonchev–Trinajstić information content (AvgIpc) is 3.06. The first kappa shape index (κ1) is 16.6. The highest BCUT2D eigenvalue weighted by Crippen LogP contribution is 2.69. The first-order chi connectivity index (χ1) is 11.8. The predicted octanol–water partition coefficient (Wildman–Crippen LogP) is 4.73. The molecule has 4 saturated carbocycles. The van der Waals surface area contributed by atoms with Gasteiger partial charge in [-0.25, -0.2) is 0 Å². The van der Waals surface area contributed by atoms with Crippen LogP contribution < -0.4 is 0 Å². The number of epoxide rings is 1. The molecule has 0 amide bonds. The summed E-state index contributed by atoms with van der Waals surface area (Å²) in [6.07, 6.45) is 10.9. The summed E-state index contributed by atoms with van der Waals surface area (Å²) >= 11 is 0. The molecule has 1 saturated heterocycles. The van der Waals surface area contributed by atoms with Gasteiger partial charge in [-0.1, -0.05) is 13.8 Å². The number of rotatable bonds is 1. The third-order valence-electron chi connectivity index (χ3n) is 9.60. The van der Waals surface area contributed by atoms with Crippen molar-refractivity contribution in [1.29, 1.82) is 0 Å². The van der Waals surface area contributed by atoms with Crippen molar-refractivity contribution in [3.63, 3.8) is 0 Å². The van der Waals surface area contributed by atoms with Crippen LogP contribution in [-0.2, 0) is 14.3 Å². The molecule has 25 heavy (non-hydrogen) atoms. The zero-order valence-corrected chi connectivity index (χ0v) is 16.3. The van der Waals surface area contributed by atoms with Gasteiger partial charge in [0, 0.05) is 12.3 Å². The van der Waals surface area contributed by atoms with Crippen LogP contribution in [0.3, 0.4) is 0 Å². The number of fused-ring (bicyclic) bond motifs is 6. The van der Waals surface area contributed by atoms with E-state index in [2.05, 4.69) is 20.8 Å². The summed E-state index contributed by atoms with van der Waals surface area (Å²) in [6, 6.07) is 0. The standard InChI is InChI=1S/C22H34O3/c1-13(23)24-18-8-7-16-15-6-5-14-11-22(4)19(25-22)12-21(14,3)17(15)9-10-20(16,18)2/h14-19H,5-12H2,1-4H3. The molecule has 9 unspecified atom stereocenters. The van der Waals surface area contributed by atoms with Gasteiger partial charge >= 0.3 is 5.97 Å². The van der Waals surface area contributed by atoms with Gasteiger partial charge in [-0.2, -0.15) is 0 Å². The van der Waals surface area contributed by atoms with Crippen LogP contribution in [0.2, 0.25) is 0 Å². The van der Waals surface area contributed by atoms with E-state index in [0.717, 1.165) is 30.1 Å². The SMILES string of the molecule is CC(=O)OC1CCC2C3CCC4CC5(C)OC5CC4(C)C3CCC12C. The number of ether oxygens (including phenoxy) is 2. The van der Waals surface area contributed by atoms with Crippen LogP contribution in [0.25, 0.3) is 0 Å². The Kier molecular flexibility index (Phi) is 3.34. The van der Waals surface area contributed by atoms with E-state index < -0.39 is 0 Å². The van der Waals surface area contributed by atoms with Crippen molar-refractivity contribution in [3.05, 3.63) is 0 Å². The minimum Gasteiger partial charge on any atom is -0.462 e. The van der Waals surface area contributed by atoms with E-state index in [1.807, 2.05) is 0 Å². The van der Waals surface area contributed by atoms with Gasteiger partial charge in [-0.3, -0.25) is 4.79 Å². The third kappa shape index (κ3) is 2.17. The number of hydrogen-bond acceptors (Lipinski definition) is 3. The zero-order chi connectivity index (χ0) is 17.6. The number of esters is 1. The summed E-state index contributed by atoms with van der Waals surface area (Å²) in [5.74, 6) is 3.20. The second kappa shape index (κ2) is 5.03. The van der Waals surface area contributed by atoms with Crippen molar-refractivity contribution in [2.24, 2.45) is 34.5 Å². The van der Waals surface area contributed by atoms with E-state index in [9.17, 15) is 4.79 Å². The first-order valence-corrected chi connectivity index (χ1v) is 10.6. The number of carbonyl (C=O) groups excluding carboxylic acids is 1. The topological polar surface area (TPSA) is 38.8 Å². The Morgan fingerprint density at radius 1 is 0.960 bits per heavy atom. The van der Waals surface area contributed by atoms with Crippen molar-refractivity contribution in [3.8, 4) is 0 Å². The van der Waals surface area contributed by atoms with Gasteiger partial charge in [0.2, 0.25) is 0 Å². The molecule has 0 aromatic carbocycles. The van der Waals surface area contributed by atoms with Gasteiger partial charge in [-0.05, 0) is 87.4 Å². The first-order valence-electron chi connectivity index (χ1n) is 10.6. The predicted molar refractivity (Wildman–Crippen MR) is 95.9 cm³/mol. The van der Waals surface area contributed by atoms with Crippen molar-refractivity contribution in [2.45, 2.75) is 96.9 Å².